The van der Waals surface area contributed by atoms with E-state index >= 15 is 0 Å². The molecule has 3 rings (SSSR count). The van der Waals surface area contributed by atoms with E-state index in [1.54, 1.807) is 7.11 Å². The molecule has 1 amide bonds. The Kier molecular flexibility index (Phi) is 6.59. The second-order valence-electron chi connectivity index (χ2n) is 6.16. The normalized spacial score (nSPS) is 11.9. The zero-order valence-electron chi connectivity index (χ0n) is 15.8. The summed E-state index contributed by atoms with van der Waals surface area (Å²) in [5, 5.41) is 12.4. The van der Waals surface area contributed by atoms with E-state index in [0.717, 1.165) is 22.7 Å². The van der Waals surface area contributed by atoms with Crippen LogP contribution in [0.2, 0.25) is 5.02 Å². The molecule has 6 nitrogen and oxygen atoms in total. The molecule has 0 aliphatic heterocycles. The van der Waals surface area contributed by atoms with Crippen LogP contribution in [-0.4, -0.2) is 33.0 Å². The van der Waals surface area contributed by atoms with E-state index in [2.05, 4.69) is 15.5 Å². The van der Waals surface area contributed by atoms with Crippen LogP contribution in [0.5, 0.6) is 5.75 Å². The van der Waals surface area contributed by atoms with Crippen LogP contribution in [-0.2, 0) is 18.4 Å². The molecule has 0 bridgehead atoms. The molecule has 1 heterocycles. The van der Waals surface area contributed by atoms with Gasteiger partial charge in [-0.2, -0.15) is 0 Å². The van der Waals surface area contributed by atoms with Gasteiger partial charge in [-0.3, -0.25) is 4.79 Å². The predicted molar refractivity (Wildman–Crippen MR) is 112 cm³/mol. The third kappa shape index (κ3) is 4.66. The summed E-state index contributed by atoms with van der Waals surface area (Å²) in [5.74, 6) is 1.43. The van der Waals surface area contributed by atoms with E-state index in [1.807, 2.05) is 67.1 Å². The minimum Gasteiger partial charge on any atom is -0.497 e. The molecular formula is C20H21ClN4O2S. The standard InChI is InChI=1S/C20H21ClN4O2S/c1-13(19(26)22-12-15-6-4-5-7-17(15)21)28-20-24-23-18(25(20)2)14-8-10-16(27-3)11-9-14/h4-11,13H,12H2,1-3H3,(H,22,26). The molecule has 0 aliphatic carbocycles. The summed E-state index contributed by atoms with van der Waals surface area (Å²) < 4.78 is 7.06. The van der Waals surface area contributed by atoms with Gasteiger partial charge in [-0.15, -0.1) is 10.2 Å². The van der Waals surface area contributed by atoms with Gasteiger partial charge in [-0.1, -0.05) is 41.6 Å². The summed E-state index contributed by atoms with van der Waals surface area (Å²) in [6, 6.07) is 15.1. The zero-order chi connectivity index (χ0) is 20.1. The number of amides is 1. The fourth-order valence-corrected chi connectivity index (χ4v) is 3.63. The first kappa shape index (κ1) is 20.2. The molecule has 0 radical (unpaired) electrons. The molecule has 2 aromatic carbocycles. The van der Waals surface area contributed by atoms with Gasteiger partial charge in [0.2, 0.25) is 5.91 Å². The van der Waals surface area contributed by atoms with Crippen molar-refractivity contribution < 1.29 is 9.53 Å². The Hall–Kier alpha value is -2.51. The van der Waals surface area contributed by atoms with Crippen molar-refractivity contribution in [3.63, 3.8) is 0 Å². The number of ether oxygens (including phenoxy) is 1. The second-order valence-corrected chi connectivity index (χ2v) is 7.88. The Bertz CT molecular complexity index is 959. The number of hydrogen-bond acceptors (Lipinski definition) is 5. The maximum atomic E-state index is 12.4. The monoisotopic (exact) mass is 416 g/mol. The molecular weight excluding hydrogens is 396 g/mol. The van der Waals surface area contributed by atoms with Crippen LogP contribution < -0.4 is 10.1 Å². The van der Waals surface area contributed by atoms with Crippen molar-refractivity contribution in [2.24, 2.45) is 7.05 Å². The number of rotatable bonds is 7. The van der Waals surface area contributed by atoms with Crippen molar-refractivity contribution in [2.75, 3.05) is 7.11 Å². The lowest BCUT2D eigenvalue weighted by molar-refractivity contribution is -0.120. The first-order valence-electron chi connectivity index (χ1n) is 8.71. The van der Waals surface area contributed by atoms with Gasteiger partial charge in [0.15, 0.2) is 11.0 Å². The van der Waals surface area contributed by atoms with Crippen molar-refractivity contribution in [2.45, 2.75) is 23.9 Å². The third-order valence-corrected chi connectivity index (χ3v) is 5.75. The molecule has 1 unspecified atom stereocenters. The number of nitrogens with one attached hydrogen (secondary N) is 1. The van der Waals surface area contributed by atoms with E-state index in [9.17, 15) is 4.79 Å². The minimum absolute atomic E-state index is 0.0843. The van der Waals surface area contributed by atoms with Crippen LogP contribution in [0, 0.1) is 0 Å². The first-order valence-corrected chi connectivity index (χ1v) is 9.97. The molecule has 3 aromatic rings. The molecule has 0 spiro atoms. The van der Waals surface area contributed by atoms with Crippen molar-refractivity contribution in [3.05, 3.63) is 59.1 Å². The fourth-order valence-electron chi connectivity index (χ4n) is 2.59. The summed E-state index contributed by atoms with van der Waals surface area (Å²) in [4.78, 5) is 12.4. The second kappa shape index (κ2) is 9.12. The molecule has 146 valence electrons. The number of methoxy groups -OCH3 is 1. The highest BCUT2D eigenvalue weighted by molar-refractivity contribution is 8.00. The molecule has 1 atom stereocenters. The number of carbonyl (C=O) groups excluding carboxylic acids is 1. The topological polar surface area (TPSA) is 69.0 Å². The van der Waals surface area contributed by atoms with E-state index in [1.165, 1.54) is 11.8 Å². The molecule has 28 heavy (non-hydrogen) atoms. The van der Waals surface area contributed by atoms with E-state index in [0.29, 0.717) is 16.7 Å². The average Bonchev–Trinajstić information content (AvgIpc) is 3.07. The third-order valence-electron chi connectivity index (χ3n) is 4.25. The van der Waals surface area contributed by atoms with Gasteiger partial charge in [-0.25, -0.2) is 0 Å². The van der Waals surface area contributed by atoms with Gasteiger partial charge in [0.05, 0.1) is 12.4 Å². The Labute approximate surface area is 173 Å². The van der Waals surface area contributed by atoms with Crippen LogP contribution in [0.4, 0.5) is 0 Å². The van der Waals surface area contributed by atoms with Crippen LogP contribution in [0.25, 0.3) is 11.4 Å². The Morgan fingerprint density at radius 1 is 1.21 bits per heavy atom. The lowest BCUT2D eigenvalue weighted by Crippen LogP contribution is -2.30. The molecule has 0 saturated carbocycles. The summed E-state index contributed by atoms with van der Waals surface area (Å²) in [5.41, 5.74) is 1.81. The summed E-state index contributed by atoms with van der Waals surface area (Å²) >= 11 is 7.49. The maximum Gasteiger partial charge on any atom is 0.233 e. The highest BCUT2D eigenvalue weighted by atomic mass is 35.5. The Morgan fingerprint density at radius 3 is 2.61 bits per heavy atom. The Morgan fingerprint density at radius 2 is 1.93 bits per heavy atom. The predicted octanol–water partition coefficient (Wildman–Crippen LogP) is 3.94. The summed E-state index contributed by atoms with van der Waals surface area (Å²) in [6.07, 6.45) is 0. The zero-order valence-corrected chi connectivity index (χ0v) is 17.4. The number of nitrogens with zero attached hydrogens (tertiary/aromatic N) is 3. The quantitative estimate of drug-likeness (QED) is 0.591. The SMILES string of the molecule is COc1ccc(-c2nnc(SC(C)C(=O)NCc3ccccc3Cl)n2C)cc1. The van der Waals surface area contributed by atoms with Crippen molar-refractivity contribution >= 4 is 29.3 Å². The molecule has 1 N–H and O–H groups in total. The molecule has 0 saturated heterocycles. The highest BCUT2D eigenvalue weighted by Crippen LogP contribution is 2.27. The lowest BCUT2D eigenvalue weighted by atomic mass is 10.2. The van der Waals surface area contributed by atoms with Crippen molar-refractivity contribution in [1.82, 2.24) is 20.1 Å². The van der Waals surface area contributed by atoms with Crippen LogP contribution in [0.1, 0.15) is 12.5 Å². The molecule has 8 heteroatoms. The number of hydrogen-bond donors (Lipinski definition) is 1. The highest BCUT2D eigenvalue weighted by Gasteiger charge is 2.19. The maximum absolute atomic E-state index is 12.4. The van der Waals surface area contributed by atoms with Gasteiger partial charge in [0.1, 0.15) is 5.75 Å². The van der Waals surface area contributed by atoms with Crippen LogP contribution in [0.15, 0.2) is 53.7 Å². The smallest absolute Gasteiger partial charge is 0.233 e. The number of thioether (sulfide) groups is 1. The van der Waals surface area contributed by atoms with Gasteiger partial charge in [0.25, 0.3) is 0 Å². The summed E-state index contributed by atoms with van der Waals surface area (Å²) in [7, 11) is 3.51. The van der Waals surface area contributed by atoms with E-state index < -0.39 is 0 Å². The summed E-state index contributed by atoms with van der Waals surface area (Å²) in [6.45, 7) is 2.23. The largest absolute Gasteiger partial charge is 0.497 e. The number of halogens is 1. The minimum atomic E-state index is -0.325. The van der Waals surface area contributed by atoms with Gasteiger partial charge in [0, 0.05) is 24.2 Å². The molecule has 1 aromatic heterocycles. The van der Waals surface area contributed by atoms with Gasteiger partial charge >= 0.3 is 0 Å². The van der Waals surface area contributed by atoms with Crippen molar-refractivity contribution in [3.8, 4) is 17.1 Å². The number of benzene rings is 2. The number of carbonyl (C=O) groups is 1. The number of aromatic nitrogens is 3. The van der Waals surface area contributed by atoms with Gasteiger partial charge < -0.3 is 14.6 Å². The molecule has 0 aliphatic rings. The first-order chi connectivity index (χ1) is 13.5. The van der Waals surface area contributed by atoms with Crippen LogP contribution in [0.3, 0.4) is 0 Å². The molecule has 0 fully saturated rings. The lowest BCUT2D eigenvalue weighted by Gasteiger charge is -2.12. The average molecular weight is 417 g/mol. The van der Waals surface area contributed by atoms with E-state index in [4.69, 9.17) is 16.3 Å². The Balaban J connectivity index is 1.63. The van der Waals surface area contributed by atoms with Crippen molar-refractivity contribution in [1.29, 1.82) is 0 Å². The fraction of sp³-hybridized carbons (Fsp3) is 0.250. The van der Waals surface area contributed by atoms with Gasteiger partial charge in [-0.05, 0) is 42.8 Å². The van der Waals surface area contributed by atoms with E-state index in [-0.39, 0.29) is 11.2 Å². The van der Waals surface area contributed by atoms with Crippen LogP contribution >= 0.6 is 23.4 Å².